The normalized spacial score (nSPS) is 9.92. The first kappa shape index (κ1) is 18.7. The van der Waals surface area contributed by atoms with Crippen LogP contribution in [-0.2, 0) is 0 Å². The molecule has 0 aliphatic carbocycles. The zero-order valence-electron chi connectivity index (χ0n) is 14.7. The Labute approximate surface area is 151 Å². The number of allylic oxidation sites excluding steroid dienone is 1. The second-order valence-corrected chi connectivity index (χ2v) is 6.06. The maximum atomic E-state index is 11.4. The fraction of sp³-hybridized carbons (Fsp3) is 0.200. The molecule has 0 radical (unpaired) electrons. The molecular formula is C20H17N3O3. The van der Waals surface area contributed by atoms with Crippen molar-refractivity contribution in [1.82, 2.24) is 0 Å². The molecule has 0 heterocycles. The lowest BCUT2D eigenvalue weighted by Gasteiger charge is -2.15. The second-order valence-electron chi connectivity index (χ2n) is 6.06. The van der Waals surface area contributed by atoms with E-state index in [1.807, 2.05) is 39.0 Å². The van der Waals surface area contributed by atoms with Crippen LogP contribution in [0.5, 0.6) is 11.5 Å². The van der Waals surface area contributed by atoms with E-state index >= 15 is 0 Å². The van der Waals surface area contributed by atoms with E-state index in [9.17, 15) is 10.1 Å². The van der Waals surface area contributed by atoms with Gasteiger partial charge in [-0.15, -0.1) is 0 Å². The number of ether oxygens (including phenoxy) is 1. The van der Waals surface area contributed by atoms with Crippen LogP contribution in [0.15, 0.2) is 42.0 Å². The Morgan fingerprint density at radius 3 is 2.42 bits per heavy atom. The third kappa shape index (κ3) is 4.25. The van der Waals surface area contributed by atoms with Crippen molar-refractivity contribution >= 4 is 11.8 Å². The molecule has 2 aromatic rings. The highest BCUT2D eigenvalue weighted by atomic mass is 16.6. The maximum Gasteiger partial charge on any atom is 0.312 e. The monoisotopic (exact) mass is 347 g/mol. The summed E-state index contributed by atoms with van der Waals surface area (Å²) in [5, 5.41) is 29.1. The fourth-order valence-electron chi connectivity index (χ4n) is 2.43. The van der Waals surface area contributed by atoms with Gasteiger partial charge in [0.05, 0.1) is 4.92 Å². The van der Waals surface area contributed by atoms with Gasteiger partial charge in [-0.3, -0.25) is 10.1 Å². The van der Waals surface area contributed by atoms with Crippen molar-refractivity contribution in [3.05, 3.63) is 68.8 Å². The zero-order chi connectivity index (χ0) is 19.3. The SMILES string of the molecule is Cc1ccc(C(C)C)c(Oc2ccc(C=C(C#N)C#N)cc2[N+](=O)[O-])c1. The minimum atomic E-state index is -0.546. The van der Waals surface area contributed by atoms with Crippen LogP contribution in [0.2, 0.25) is 0 Å². The van der Waals surface area contributed by atoms with Gasteiger partial charge in [-0.2, -0.15) is 10.5 Å². The van der Waals surface area contributed by atoms with Crippen LogP contribution >= 0.6 is 0 Å². The van der Waals surface area contributed by atoms with E-state index in [-0.39, 0.29) is 22.9 Å². The Morgan fingerprint density at radius 1 is 1.15 bits per heavy atom. The maximum absolute atomic E-state index is 11.4. The van der Waals surface area contributed by atoms with Crippen LogP contribution in [0.25, 0.3) is 6.08 Å². The molecule has 0 spiro atoms. The van der Waals surface area contributed by atoms with Crippen LogP contribution < -0.4 is 4.74 Å². The molecule has 2 rings (SSSR count). The van der Waals surface area contributed by atoms with E-state index in [1.54, 1.807) is 18.2 Å². The van der Waals surface area contributed by atoms with Gasteiger partial charge in [0.15, 0.2) is 0 Å². The van der Waals surface area contributed by atoms with Gasteiger partial charge in [-0.1, -0.05) is 32.0 Å². The third-order valence-electron chi connectivity index (χ3n) is 3.74. The van der Waals surface area contributed by atoms with Crippen LogP contribution in [-0.4, -0.2) is 4.92 Å². The van der Waals surface area contributed by atoms with Crippen molar-refractivity contribution in [1.29, 1.82) is 10.5 Å². The summed E-state index contributed by atoms with van der Waals surface area (Å²) in [4.78, 5) is 10.9. The summed E-state index contributed by atoms with van der Waals surface area (Å²) in [6.45, 7) is 5.96. The minimum absolute atomic E-state index is 0.107. The van der Waals surface area contributed by atoms with Crippen molar-refractivity contribution in [3.8, 4) is 23.6 Å². The molecule has 0 amide bonds. The van der Waals surface area contributed by atoms with Gasteiger partial charge in [0, 0.05) is 6.07 Å². The van der Waals surface area contributed by atoms with Gasteiger partial charge < -0.3 is 4.74 Å². The molecular weight excluding hydrogens is 330 g/mol. The minimum Gasteiger partial charge on any atom is -0.450 e. The van der Waals surface area contributed by atoms with E-state index in [0.29, 0.717) is 11.3 Å². The number of benzene rings is 2. The van der Waals surface area contributed by atoms with E-state index in [2.05, 4.69) is 0 Å². The Kier molecular flexibility index (Phi) is 5.72. The third-order valence-corrected chi connectivity index (χ3v) is 3.74. The Bertz CT molecular complexity index is 947. The summed E-state index contributed by atoms with van der Waals surface area (Å²) in [5.41, 5.74) is 1.96. The summed E-state index contributed by atoms with van der Waals surface area (Å²) >= 11 is 0. The molecule has 26 heavy (non-hydrogen) atoms. The summed E-state index contributed by atoms with van der Waals surface area (Å²) in [7, 11) is 0. The van der Waals surface area contributed by atoms with Gasteiger partial charge in [0.2, 0.25) is 5.75 Å². The first-order chi connectivity index (χ1) is 12.3. The van der Waals surface area contributed by atoms with E-state index in [0.717, 1.165) is 11.1 Å². The molecule has 0 aliphatic heterocycles. The fourth-order valence-corrected chi connectivity index (χ4v) is 2.43. The average molecular weight is 347 g/mol. The molecule has 0 aromatic heterocycles. The molecule has 0 saturated heterocycles. The van der Waals surface area contributed by atoms with Gasteiger partial charge in [-0.05, 0) is 47.7 Å². The first-order valence-corrected chi connectivity index (χ1v) is 7.94. The topological polar surface area (TPSA) is 99.9 Å². The number of hydrogen-bond donors (Lipinski definition) is 0. The summed E-state index contributed by atoms with van der Waals surface area (Å²) < 4.78 is 5.86. The molecule has 0 saturated carbocycles. The smallest absolute Gasteiger partial charge is 0.312 e. The summed E-state index contributed by atoms with van der Waals surface area (Å²) in [6, 6.07) is 13.6. The molecule has 0 N–H and O–H groups in total. The highest BCUT2D eigenvalue weighted by molar-refractivity contribution is 5.66. The molecule has 2 aromatic carbocycles. The van der Waals surface area contributed by atoms with Crippen LogP contribution in [0.1, 0.15) is 36.5 Å². The van der Waals surface area contributed by atoms with E-state index < -0.39 is 4.92 Å². The zero-order valence-corrected chi connectivity index (χ0v) is 14.7. The number of nitro benzene ring substituents is 1. The number of nitro groups is 1. The second kappa shape index (κ2) is 7.96. The van der Waals surface area contributed by atoms with Crippen molar-refractivity contribution in [3.63, 3.8) is 0 Å². The van der Waals surface area contributed by atoms with Crippen molar-refractivity contribution in [2.24, 2.45) is 0 Å². The van der Waals surface area contributed by atoms with Crippen LogP contribution in [0.3, 0.4) is 0 Å². The number of aryl methyl sites for hydroxylation is 1. The molecule has 6 heteroatoms. The highest BCUT2D eigenvalue weighted by Gasteiger charge is 2.18. The first-order valence-electron chi connectivity index (χ1n) is 7.94. The standard InChI is InChI=1S/C20H17N3O3/c1-13(2)17-6-4-14(3)8-20(17)26-19-7-5-15(9-16(11-21)12-22)10-18(19)23(24)25/h4-10,13H,1-3H3. The lowest BCUT2D eigenvalue weighted by Crippen LogP contribution is -1.98. The van der Waals surface area contributed by atoms with Gasteiger partial charge in [-0.25, -0.2) is 0 Å². The van der Waals surface area contributed by atoms with Gasteiger partial charge in [0.25, 0.3) is 0 Å². The average Bonchev–Trinajstić information content (AvgIpc) is 2.60. The van der Waals surface area contributed by atoms with Gasteiger partial charge in [0.1, 0.15) is 23.5 Å². The number of hydrogen-bond acceptors (Lipinski definition) is 5. The quantitative estimate of drug-likeness (QED) is 0.418. The van der Waals surface area contributed by atoms with Crippen molar-refractivity contribution in [2.45, 2.75) is 26.7 Å². The summed E-state index contributed by atoms with van der Waals surface area (Å²) in [5.74, 6) is 0.872. The van der Waals surface area contributed by atoms with Gasteiger partial charge >= 0.3 is 5.69 Å². The molecule has 0 unspecified atom stereocenters. The molecule has 130 valence electrons. The number of rotatable bonds is 5. The van der Waals surface area contributed by atoms with Crippen LogP contribution in [0.4, 0.5) is 5.69 Å². The van der Waals surface area contributed by atoms with Crippen LogP contribution in [0, 0.1) is 39.7 Å². The van der Waals surface area contributed by atoms with E-state index in [1.165, 1.54) is 18.2 Å². The molecule has 0 bridgehead atoms. The molecule has 0 aliphatic rings. The molecule has 6 nitrogen and oxygen atoms in total. The van der Waals surface area contributed by atoms with Crippen molar-refractivity contribution in [2.75, 3.05) is 0 Å². The highest BCUT2D eigenvalue weighted by Crippen LogP contribution is 2.36. The predicted octanol–water partition coefficient (Wildman–Crippen LogP) is 5.25. The Hall–Kier alpha value is -3.64. The largest absolute Gasteiger partial charge is 0.450 e. The van der Waals surface area contributed by atoms with Crippen molar-refractivity contribution < 1.29 is 9.66 Å². The Morgan fingerprint density at radius 2 is 1.85 bits per heavy atom. The predicted molar refractivity (Wildman–Crippen MR) is 97.6 cm³/mol. The van der Waals surface area contributed by atoms with E-state index in [4.69, 9.17) is 15.3 Å². The molecule has 0 atom stereocenters. The lowest BCUT2D eigenvalue weighted by atomic mass is 10.0. The molecule has 0 fully saturated rings. The summed E-state index contributed by atoms with van der Waals surface area (Å²) in [6.07, 6.45) is 1.29. The lowest BCUT2D eigenvalue weighted by molar-refractivity contribution is -0.385. The number of nitriles is 2. The Balaban J connectivity index is 2.51. The number of nitrogens with zero attached hydrogens (tertiary/aromatic N) is 3.